The van der Waals surface area contributed by atoms with Crippen molar-refractivity contribution < 1.29 is 13.9 Å². The Morgan fingerprint density at radius 3 is 2.71 bits per heavy atom. The fourth-order valence-corrected chi connectivity index (χ4v) is 0.973. The van der Waals surface area contributed by atoms with Crippen LogP contribution in [0.25, 0.3) is 0 Å². The minimum atomic E-state index is -1.25. The van der Waals surface area contributed by atoms with Gasteiger partial charge in [-0.15, -0.1) is 0 Å². The number of hydrogen-bond acceptors (Lipinski definition) is 3. The average Bonchev–Trinajstić information content (AvgIpc) is 2.08. The summed E-state index contributed by atoms with van der Waals surface area (Å²) in [5.41, 5.74) is 3.74. The summed E-state index contributed by atoms with van der Waals surface area (Å²) in [4.78, 5) is 0. The molecule has 3 N–H and O–H groups in total. The third-order valence-electron chi connectivity index (χ3n) is 1.52. The van der Waals surface area contributed by atoms with Gasteiger partial charge in [0.25, 0.3) is 0 Å². The minimum Gasteiger partial charge on any atom is -0.364 e. The number of halogens is 3. The number of nitrogens with one attached hydrogen (secondary N) is 2. The molecular weight excluding hydrogens is 214 g/mol. The molecular formula is C8H9ClF2N2O. The zero-order valence-electron chi connectivity index (χ0n) is 7.10. The highest BCUT2D eigenvalue weighted by atomic mass is 35.5. The van der Waals surface area contributed by atoms with Gasteiger partial charge < -0.3 is 5.11 Å². The topological polar surface area (TPSA) is 44.3 Å². The Bertz CT molecular complexity index is 309. The van der Waals surface area contributed by atoms with Gasteiger partial charge in [0.15, 0.2) is 5.69 Å². The Hall–Kier alpha value is -0.750. The van der Waals surface area contributed by atoms with Crippen molar-refractivity contribution in [2.45, 2.75) is 12.2 Å². The summed E-state index contributed by atoms with van der Waals surface area (Å²) in [5.74, 6) is -1.28. The van der Waals surface area contributed by atoms with Gasteiger partial charge in [0.2, 0.25) is 0 Å². The van der Waals surface area contributed by atoms with Crippen molar-refractivity contribution in [2.24, 2.45) is 0 Å². The minimum absolute atomic E-state index is 0.0931. The van der Waals surface area contributed by atoms with Crippen molar-refractivity contribution in [3.8, 4) is 0 Å². The summed E-state index contributed by atoms with van der Waals surface area (Å²) in [5, 5.41) is 8.58. The third-order valence-corrected chi connectivity index (χ3v) is 1.62. The van der Waals surface area contributed by atoms with E-state index in [1.807, 2.05) is 0 Å². The molecule has 6 heteroatoms. The van der Waals surface area contributed by atoms with Crippen LogP contribution in [-0.2, 0) is 6.54 Å². The fraction of sp³-hybridized carbons (Fsp3) is 0.250. The first kappa shape index (κ1) is 11.3. The lowest BCUT2D eigenvalue weighted by molar-refractivity contribution is 0.195. The van der Waals surface area contributed by atoms with Crippen LogP contribution in [0.15, 0.2) is 18.2 Å². The standard InChI is InChI=1S/C8H9ClF2N2O/c9-8(14)13-12-4-5-1-2-6(10)3-7(5)11/h1-3,8,12-14H,4H2. The van der Waals surface area contributed by atoms with E-state index in [9.17, 15) is 8.78 Å². The van der Waals surface area contributed by atoms with Gasteiger partial charge in [-0.25, -0.2) is 14.2 Å². The van der Waals surface area contributed by atoms with Gasteiger partial charge >= 0.3 is 0 Å². The number of aliphatic hydroxyl groups excluding tert-OH is 1. The molecule has 0 aromatic heterocycles. The number of hydrogen-bond donors (Lipinski definition) is 3. The molecule has 0 heterocycles. The van der Waals surface area contributed by atoms with E-state index in [0.29, 0.717) is 0 Å². The average molecular weight is 223 g/mol. The van der Waals surface area contributed by atoms with Gasteiger partial charge in [-0.2, -0.15) is 0 Å². The Kier molecular flexibility index (Phi) is 4.21. The van der Waals surface area contributed by atoms with E-state index in [0.717, 1.165) is 12.1 Å². The first-order valence-electron chi connectivity index (χ1n) is 3.84. The summed E-state index contributed by atoms with van der Waals surface area (Å²) in [6.45, 7) is 0.0931. The molecule has 0 saturated heterocycles. The molecule has 14 heavy (non-hydrogen) atoms. The van der Waals surface area contributed by atoms with Crippen molar-refractivity contribution in [3.05, 3.63) is 35.4 Å². The Morgan fingerprint density at radius 2 is 2.14 bits per heavy atom. The molecule has 3 nitrogen and oxygen atoms in total. The SMILES string of the molecule is OC(Cl)NNCc1ccc(F)cc1F. The number of hydrazine groups is 1. The van der Waals surface area contributed by atoms with Gasteiger partial charge in [0, 0.05) is 18.2 Å². The van der Waals surface area contributed by atoms with E-state index in [1.165, 1.54) is 6.07 Å². The molecule has 0 amide bonds. The maximum Gasteiger partial charge on any atom is 0.195 e. The lowest BCUT2D eigenvalue weighted by Gasteiger charge is -2.08. The number of rotatable bonds is 4. The van der Waals surface area contributed by atoms with Crippen LogP contribution in [-0.4, -0.2) is 10.8 Å². The molecule has 1 atom stereocenters. The lowest BCUT2D eigenvalue weighted by Crippen LogP contribution is -2.37. The maximum atomic E-state index is 13.0. The van der Waals surface area contributed by atoms with E-state index in [1.54, 1.807) is 0 Å². The summed E-state index contributed by atoms with van der Waals surface area (Å²) in [6.07, 6.45) is 0. The van der Waals surface area contributed by atoms with Crippen LogP contribution in [0, 0.1) is 11.6 Å². The highest BCUT2D eigenvalue weighted by Gasteiger charge is 2.03. The van der Waals surface area contributed by atoms with Gasteiger partial charge in [0.1, 0.15) is 11.6 Å². The molecule has 0 radical (unpaired) electrons. The Balaban J connectivity index is 2.51. The highest BCUT2D eigenvalue weighted by molar-refractivity contribution is 6.19. The first-order valence-corrected chi connectivity index (χ1v) is 4.27. The second kappa shape index (κ2) is 5.21. The highest BCUT2D eigenvalue weighted by Crippen LogP contribution is 2.08. The van der Waals surface area contributed by atoms with Gasteiger partial charge in [-0.05, 0) is 6.07 Å². The maximum absolute atomic E-state index is 13.0. The van der Waals surface area contributed by atoms with Crippen LogP contribution >= 0.6 is 11.6 Å². The molecule has 1 unspecified atom stereocenters. The number of benzene rings is 1. The predicted octanol–water partition coefficient (Wildman–Crippen LogP) is 1.07. The predicted molar refractivity (Wildman–Crippen MR) is 48.2 cm³/mol. The van der Waals surface area contributed by atoms with Crippen molar-refractivity contribution in [1.29, 1.82) is 0 Å². The number of aliphatic hydroxyl groups is 1. The largest absolute Gasteiger partial charge is 0.364 e. The monoisotopic (exact) mass is 222 g/mol. The zero-order chi connectivity index (χ0) is 10.6. The van der Waals surface area contributed by atoms with Crippen LogP contribution in [0.5, 0.6) is 0 Å². The van der Waals surface area contributed by atoms with Crippen molar-refractivity contribution >= 4 is 11.6 Å². The molecule has 0 aliphatic carbocycles. The zero-order valence-corrected chi connectivity index (χ0v) is 7.85. The molecule has 0 saturated carbocycles. The van der Waals surface area contributed by atoms with E-state index in [4.69, 9.17) is 16.7 Å². The molecule has 1 rings (SSSR count). The van der Waals surface area contributed by atoms with E-state index >= 15 is 0 Å². The molecule has 0 aliphatic rings. The molecule has 0 spiro atoms. The van der Waals surface area contributed by atoms with Crippen molar-refractivity contribution in [3.63, 3.8) is 0 Å². The lowest BCUT2D eigenvalue weighted by atomic mass is 10.2. The van der Waals surface area contributed by atoms with Crippen molar-refractivity contribution in [2.75, 3.05) is 0 Å². The summed E-state index contributed by atoms with van der Waals surface area (Å²) >= 11 is 5.14. The Morgan fingerprint density at radius 1 is 1.43 bits per heavy atom. The normalized spacial score (nSPS) is 12.9. The van der Waals surface area contributed by atoms with Crippen molar-refractivity contribution in [1.82, 2.24) is 10.9 Å². The summed E-state index contributed by atoms with van der Waals surface area (Å²) in [7, 11) is 0. The van der Waals surface area contributed by atoms with Crippen LogP contribution in [0.1, 0.15) is 5.56 Å². The molecule has 0 fully saturated rings. The Labute approximate surface area is 84.7 Å². The van der Waals surface area contributed by atoms with E-state index < -0.39 is 17.3 Å². The van der Waals surface area contributed by atoms with Crippen LogP contribution < -0.4 is 10.9 Å². The smallest absolute Gasteiger partial charge is 0.195 e. The first-order chi connectivity index (χ1) is 6.59. The second-order valence-corrected chi connectivity index (χ2v) is 2.98. The van der Waals surface area contributed by atoms with Gasteiger partial charge in [0.05, 0.1) is 0 Å². The third kappa shape index (κ3) is 3.55. The van der Waals surface area contributed by atoms with Crippen LogP contribution in [0.2, 0.25) is 0 Å². The fourth-order valence-electron chi connectivity index (χ4n) is 0.896. The molecule has 0 aliphatic heterocycles. The molecule has 1 aromatic carbocycles. The van der Waals surface area contributed by atoms with E-state index in [2.05, 4.69) is 10.9 Å². The van der Waals surface area contributed by atoms with E-state index in [-0.39, 0.29) is 12.1 Å². The quantitative estimate of drug-likeness (QED) is 0.309. The molecule has 1 aromatic rings. The summed E-state index contributed by atoms with van der Waals surface area (Å²) in [6, 6.07) is 3.24. The van der Waals surface area contributed by atoms with Gasteiger partial charge in [-0.3, -0.25) is 5.43 Å². The second-order valence-electron chi connectivity index (χ2n) is 2.57. The molecule has 78 valence electrons. The number of alkyl halides is 1. The summed E-state index contributed by atoms with van der Waals surface area (Å²) < 4.78 is 25.4. The van der Waals surface area contributed by atoms with Gasteiger partial charge in [-0.1, -0.05) is 17.7 Å². The van der Waals surface area contributed by atoms with Crippen LogP contribution in [0.4, 0.5) is 8.78 Å². The molecule has 0 bridgehead atoms. The van der Waals surface area contributed by atoms with Crippen LogP contribution in [0.3, 0.4) is 0 Å².